The van der Waals surface area contributed by atoms with Gasteiger partial charge in [0.2, 0.25) is 0 Å². The van der Waals surface area contributed by atoms with E-state index < -0.39 is 24.0 Å². The van der Waals surface area contributed by atoms with Crippen LogP contribution in [-0.4, -0.2) is 35.7 Å². The van der Waals surface area contributed by atoms with Crippen molar-refractivity contribution in [1.82, 2.24) is 10.6 Å². The Morgan fingerprint density at radius 1 is 0.909 bits per heavy atom. The lowest BCUT2D eigenvalue weighted by atomic mass is 9.98. The normalized spacial score (nSPS) is 12.9. The number of fused-ring (bicyclic) bond motifs is 3. The van der Waals surface area contributed by atoms with Crippen LogP contribution >= 0.6 is 0 Å². The van der Waals surface area contributed by atoms with E-state index in [1.807, 2.05) is 24.3 Å². The summed E-state index contributed by atoms with van der Waals surface area (Å²) in [5.74, 6) is -1.58. The van der Waals surface area contributed by atoms with Crippen LogP contribution in [0.2, 0.25) is 0 Å². The Labute approximate surface area is 191 Å². The molecule has 3 N–H and O–H groups in total. The standard InChI is InChI=1S/C26H24N2O5/c1-16(25(30)31)28-24(29)18-12-10-17(11-13-18)14-27-26(32)33-15-23-21-8-4-2-6-19(21)20-7-3-5-9-22(20)23/h2-13,16,23H,14-15H2,1H3,(H,27,32)(H,28,29)(H,30,31)/t16-/m1/s1. The van der Waals surface area contributed by atoms with E-state index in [1.165, 1.54) is 18.1 Å². The molecule has 0 saturated heterocycles. The summed E-state index contributed by atoms with van der Waals surface area (Å²) < 4.78 is 5.52. The van der Waals surface area contributed by atoms with Gasteiger partial charge in [-0.3, -0.25) is 9.59 Å². The van der Waals surface area contributed by atoms with Crippen LogP contribution in [0.4, 0.5) is 4.79 Å². The quantitative estimate of drug-likeness (QED) is 0.512. The van der Waals surface area contributed by atoms with Gasteiger partial charge in [-0.25, -0.2) is 4.79 Å². The number of alkyl carbamates (subject to hydrolysis) is 1. The van der Waals surface area contributed by atoms with Crippen LogP contribution in [0.3, 0.4) is 0 Å². The molecule has 0 heterocycles. The summed E-state index contributed by atoms with van der Waals surface area (Å²) in [7, 11) is 0. The number of benzene rings is 3. The lowest BCUT2D eigenvalue weighted by molar-refractivity contribution is -0.138. The highest BCUT2D eigenvalue weighted by Gasteiger charge is 2.28. The molecule has 168 valence electrons. The number of rotatable bonds is 7. The Bertz CT molecular complexity index is 1140. The predicted molar refractivity (Wildman–Crippen MR) is 123 cm³/mol. The first kappa shape index (κ1) is 22.1. The highest BCUT2D eigenvalue weighted by molar-refractivity contribution is 5.96. The number of hydrogen-bond acceptors (Lipinski definition) is 4. The Morgan fingerprint density at radius 3 is 2.06 bits per heavy atom. The minimum atomic E-state index is -1.10. The third-order valence-corrected chi connectivity index (χ3v) is 5.71. The Hall–Kier alpha value is -4.13. The fraction of sp³-hybridized carbons (Fsp3) is 0.192. The Kier molecular flexibility index (Phi) is 6.40. The largest absolute Gasteiger partial charge is 0.480 e. The van der Waals surface area contributed by atoms with E-state index in [0.29, 0.717) is 5.56 Å². The van der Waals surface area contributed by atoms with Crippen LogP contribution in [0.1, 0.15) is 39.9 Å². The van der Waals surface area contributed by atoms with Crippen molar-refractivity contribution < 1.29 is 24.2 Å². The Balaban J connectivity index is 1.31. The molecule has 2 amide bonds. The van der Waals surface area contributed by atoms with E-state index in [2.05, 4.69) is 34.9 Å². The molecule has 0 saturated carbocycles. The number of amides is 2. The molecule has 7 nitrogen and oxygen atoms in total. The van der Waals surface area contributed by atoms with Crippen molar-refractivity contribution in [3.63, 3.8) is 0 Å². The first-order chi connectivity index (χ1) is 15.9. The van der Waals surface area contributed by atoms with Gasteiger partial charge in [0.1, 0.15) is 12.6 Å². The zero-order chi connectivity index (χ0) is 23.4. The summed E-state index contributed by atoms with van der Waals surface area (Å²) in [5.41, 5.74) is 5.77. The van der Waals surface area contributed by atoms with Crippen molar-refractivity contribution in [3.05, 3.63) is 95.1 Å². The first-order valence-electron chi connectivity index (χ1n) is 10.7. The van der Waals surface area contributed by atoms with Gasteiger partial charge in [-0.15, -0.1) is 0 Å². The summed E-state index contributed by atoms with van der Waals surface area (Å²) in [6.45, 7) is 1.87. The summed E-state index contributed by atoms with van der Waals surface area (Å²) in [5, 5.41) is 14.0. The van der Waals surface area contributed by atoms with Gasteiger partial charge in [-0.2, -0.15) is 0 Å². The fourth-order valence-corrected chi connectivity index (χ4v) is 3.94. The molecule has 0 radical (unpaired) electrons. The van der Waals surface area contributed by atoms with E-state index in [-0.39, 0.29) is 19.1 Å². The second kappa shape index (κ2) is 9.56. The number of hydrogen-bond donors (Lipinski definition) is 3. The number of carbonyl (C=O) groups excluding carboxylic acids is 2. The van der Waals surface area contributed by atoms with Crippen molar-refractivity contribution in [2.75, 3.05) is 6.61 Å². The van der Waals surface area contributed by atoms with E-state index in [4.69, 9.17) is 9.84 Å². The zero-order valence-corrected chi connectivity index (χ0v) is 18.1. The van der Waals surface area contributed by atoms with Gasteiger partial charge in [-0.1, -0.05) is 60.7 Å². The zero-order valence-electron chi connectivity index (χ0n) is 18.1. The molecule has 4 rings (SSSR count). The molecule has 7 heteroatoms. The maximum atomic E-state index is 12.3. The molecule has 0 unspecified atom stereocenters. The minimum Gasteiger partial charge on any atom is -0.480 e. The molecule has 0 fully saturated rings. The predicted octanol–water partition coefficient (Wildman–Crippen LogP) is 3.93. The topological polar surface area (TPSA) is 105 Å². The van der Waals surface area contributed by atoms with Gasteiger partial charge in [0.05, 0.1) is 0 Å². The van der Waals surface area contributed by atoms with Gasteiger partial charge < -0.3 is 20.5 Å². The highest BCUT2D eigenvalue weighted by atomic mass is 16.5. The molecule has 0 aromatic heterocycles. The van der Waals surface area contributed by atoms with Crippen LogP contribution in [0, 0.1) is 0 Å². The maximum Gasteiger partial charge on any atom is 0.407 e. The molecule has 0 aliphatic heterocycles. The van der Waals surface area contributed by atoms with Crippen molar-refractivity contribution in [2.45, 2.75) is 25.4 Å². The van der Waals surface area contributed by atoms with Crippen LogP contribution in [0.25, 0.3) is 11.1 Å². The molecule has 1 aliphatic rings. The van der Waals surface area contributed by atoms with E-state index in [0.717, 1.165) is 16.7 Å². The summed E-state index contributed by atoms with van der Waals surface area (Å²) in [4.78, 5) is 35.2. The molecule has 1 aliphatic carbocycles. The number of ether oxygens (including phenoxy) is 1. The second-order valence-corrected chi connectivity index (χ2v) is 7.91. The first-order valence-corrected chi connectivity index (χ1v) is 10.7. The van der Waals surface area contributed by atoms with Crippen molar-refractivity contribution >= 4 is 18.0 Å². The maximum absolute atomic E-state index is 12.3. The smallest absolute Gasteiger partial charge is 0.407 e. The summed E-state index contributed by atoms with van der Waals surface area (Å²) in [6.07, 6.45) is -0.519. The lowest BCUT2D eigenvalue weighted by Gasteiger charge is -2.14. The minimum absolute atomic E-state index is 0.00543. The van der Waals surface area contributed by atoms with E-state index >= 15 is 0 Å². The summed E-state index contributed by atoms with van der Waals surface area (Å²) >= 11 is 0. The molecule has 0 spiro atoms. The average molecular weight is 444 g/mol. The monoisotopic (exact) mass is 444 g/mol. The molecule has 3 aromatic carbocycles. The van der Waals surface area contributed by atoms with Crippen LogP contribution in [0.15, 0.2) is 72.8 Å². The van der Waals surface area contributed by atoms with Gasteiger partial charge in [0.25, 0.3) is 5.91 Å². The van der Waals surface area contributed by atoms with Crippen LogP contribution in [-0.2, 0) is 16.1 Å². The number of aliphatic carboxylic acids is 1. The average Bonchev–Trinajstić information content (AvgIpc) is 3.15. The second-order valence-electron chi connectivity index (χ2n) is 7.91. The molecular formula is C26H24N2O5. The van der Waals surface area contributed by atoms with Crippen molar-refractivity contribution in [1.29, 1.82) is 0 Å². The van der Waals surface area contributed by atoms with Crippen molar-refractivity contribution in [2.24, 2.45) is 0 Å². The van der Waals surface area contributed by atoms with E-state index in [9.17, 15) is 14.4 Å². The Morgan fingerprint density at radius 2 is 1.48 bits per heavy atom. The molecule has 33 heavy (non-hydrogen) atoms. The molecule has 1 atom stereocenters. The SMILES string of the molecule is C[C@@H](NC(=O)c1ccc(CNC(=O)OCC2c3ccccc3-c3ccccc32)cc1)C(=O)O. The highest BCUT2D eigenvalue weighted by Crippen LogP contribution is 2.44. The number of carboxylic acid groups (broad SMARTS) is 1. The third kappa shape index (κ3) is 4.87. The summed E-state index contributed by atoms with van der Waals surface area (Å²) in [6, 6.07) is 21.9. The third-order valence-electron chi connectivity index (χ3n) is 5.71. The number of nitrogens with one attached hydrogen (secondary N) is 2. The van der Waals surface area contributed by atoms with E-state index in [1.54, 1.807) is 24.3 Å². The number of carbonyl (C=O) groups is 3. The van der Waals surface area contributed by atoms with Gasteiger partial charge in [0.15, 0.2) is 0 Å². The van der Waals surface area contributed by atoms with Gasteiger partial charge >= 0.3 is 12.1 Å². The van der Waals surface area contributed by atoms with Gasteiger partial charge in [0, 0.05) is 18.0 Å². The van der Waals surface area contributed by atoms with Crippen LogP contribution in [0.5, 0.6) is 0 Å². The molecule has 0 bridgehead atoms. The van der Waals surface area contributed by atoms with Crippen LogP contribution < -0.4 is 10.6 Å². The lowest BCUT2D eigenvalue weighted by Crippen LogP contribution is -2.38. The van der Waals surface area contributed by atoms with Crippen molar-refractivity contribution in [3.8, 4) is 11.1 Å². The number of carboxylic acids is 1. The van der Waals surface area contributed by atoms with Gasteiger partial charge in [-0.05, 0) is 46.9 Å². The fourth-order valence-electron chi connectivity index (χ4n) is 3.94. The molecule has 3 aromatic rings. The molecular weight excluding hydrogens is 420 g/mol.